The van der Waals surface area contributed by atoms with E-state index in [9.17, 15) is 4.79 Å². The van der Waals surface area contributed by atoms with Crippen molar-refractivity contribution >= 4 is 18.3 Å². The number of methoxy groups -OCH3 is 1. The molecule has 124 valence electrons. The summed E-state index contributed by atoms with van der Waals surface area (Å²) < 4.78 is 5.36. The van der Waals surface area contributed by atoms with E-state index in [2.05, 4.69) is 23.6 Å². The molecule has 0 aromatic heterocycles. The molecule has 1 heterocycles. The van der Waals surface area contributed by atoms with Crippen LogP contribution < -0.4 is 15.4 Å². The fraction of sp³-hybridized carbons (Fsp3) is 0.588. The lowest BCUT2D eigenvalue weighted by Crippen LogP contribution is -2.37. The molecule has 0 spiro atoms. The number of hydrogen-bond acceptors (Lipinski definition) is 3. The normalized spacial score (nSPS) is 18.4. The van der Waals surface area contributed by atoms with E-state index in [0.717, 1.165) is 37.2 Å². The minimum atomic E-state index is 0. The van der Waals surface area contributed by atoms with Crippen LogP contribution in [0.1, 0.15) is 31.7 Å². The summed E-state index contributed by atoms with van der Waals surface area (Å²) in [6, 6.07) is 8.47. The smallest absolute Gasteiger partial charge is 0.220 e. The number of carbonyl (C=O) groups is 1. The number of nitrogens with one attached hydrogen (secondary N) is 2. The van der Waals surface area contributed by atoms with Gasteiger partial charge < -0.3 is 15.4 Å². The molecule has 0 radical (unpaired) electrons. The van der Waals surface area contributed by atoms with Crippen molar-refractivity contribution in [1.82, 2.24) is 10.6 Å². The van der Waals surface area contributed by atoms with Gasteiger partial charge in [0.15, 0.2) is 0 Å². The van der Waals surface area contributed by atoms with Crippen LogP contribution in [0, 0.1) is 5.92 Å². The van der Waals surface area contributed by atoms with Gasteiger partial charge in [0.2, 0.25) is 5.91 Å². The third kappa shape index (κ3) is 5.85. The van der Waals surface area contributed by atoms with E-state index in [1.54, 1.807) is 7.11 Å². The molecule has 4 nitrogen and oxygen atoms in total. The second-order valence-corrected chi connectivity index (χ2v) is 5.92. The van der Waals surface area contributed by atoms with Crippen molar-refractivity contribution in [3.63, 3.8) is 0 Å². The minimum absolute atomic E-state index is 0. The average Bonchev–Trinajstić information content (AvgIpc) is 2.99. The Morgan fingerprint density at radius 3 is 2.91 bits per heavy atom. The number of ether oxygens (including phenoxy) is 1. The lowest BCUT2D eigenvalue weighted by Gasteiger charge is -2.15. The van der Waals surface area contributed by atoms with E-state index in [4.69, 9.17) is 4.74 Å². The number of amides is 1. The van der Waals surface area contributed by atoms with E-state index >= 15 is 0 Å². The molecule has 1 aliphatic rings. The van der Waals surface area contributed by atoms with Gasteiger partial charge in [0.1, 0.15) is 5.75 Å². The first kappa shape index (κ1) is 18.8. The van der Waals surface area contributed by atoms with E-state index < -0.39 is 0 Å². The zero-order valence-corrected chi connectivity index (χ0v) is 14.2. The van der Waals surface area contributed by atoms with Crippen molar-refractivity contribution in [2.24, 2.45) is 5.92 Å². The first-order valence-electron chi connectivity index (χ1n) is 7.81. The second kappa shape index (κ2) is 9.70. The van der Waals surface area contributed by atoms with E-state index in [1.165, 1.54) is 6.42 Å². The molecule has 0 bridgehead atoms. The largest absolute Gasteiger partial charge is 0.496 e. The van der Waals surface area contributed by atoms with E-state index in [-0.39, 0.29) is 18.3 Å². The van der Waals surface area contributed by atoms with Gasteiger partial charge in [0, 0.05) is 19.0 Å². The number of para-hydroxylation sites is 1. The molecule has 1 amide bonds. The van der Waals surface area contributed by atoms with Gasteiger partial charge in [-0.15, -0.1) is 12.4 Å². The van der Waals surface area contributed by atoms with Crippen LogP contribution in [0.2, 0.25) is 0 Å². The van der Waals surface area contributed by atoms with Crippen LogP contribution in [0.25, 0.3) is 0 Å². The molecule has 2 N–H and O–H groups in total. The molecule has 1 saturated heterocycles. The predicted molar refractivity (Wildman–Crippen MR) is 91.8 cm³/mol. The highest BCUT2D eigenvalue weighted by Crippen LogP contribution is 2.22. The Morgan fingerprint density at radius 1 is 1.45 bits per heavy atom. The standard InChI is InChI=1S/C17H26N2O2.ClH/c1-13(10-14-6-3-4-8-16(14)21-2)11-17(20)19-12-15-7-5-9-18-15;/h3-4,6,8,13,15,18H,5,7,9-12H2,1-2H3,(H,19,20);1H. The highest BCUT2D eigenvalue weighted by molar-refractivity contribution is 5.85. The Balaban J connectivity index is 0.00000242. The third-order valence-electron chi connectivity index (χ3n) is 4.00. The molecule has 0 aliphatic carbocycles. The Morgan fingerprint density at radius 2 is 2.23 bits per heavy atom. The van der Waals surface area contributed by atoms with Crippen LogP contribution in [0.3, 0.4) is 0 Å². The Kier molecular flexibility index (Phi) is 8.28. The van der Waals surface area contributed by atoms with Gasteiger partial charge in [-0.1, -0.05) is 25.1 Å². The molecule has 1 fully saturated rings. The first-order valence-corrected chi connectivity index (χ1v) is 7.81. The quantitative estimate of drug-likeness (QED) is 0.809. The number of carbonyl (C=O) groups excluding carboxylic acids is 1. The highest BCUT2D eigenvalue weighted by atomic mass is 35.5. The van der Waals surface area contributed by atoms with Gasteiger partial charge in [-0.25, -0.2) is 0 Å². The molecular formula is C17H27ClN2O2. The van der Waals surface area contributed by atoms with Gasteiger partial charge >= 0.3 is 0 Å². The molecule has 22 heavy (non-hydrogen) atoms. The summed E-state index contributed by atoms with van der Waals surface area (Å²) in [7, 11) is 1.69. The molecule has 2 unspecified atom stereocenters. The lowest BCUT2D eigenvalue weighted by atomic mass is 9.97. The molecule has 5 heteroatoms. The van der Waals surface area contributed by atoms with Crippen molar-refractivity contribution in [3.8, 4) is 5.75 Å². The maximum Gasteiger partial charge on any atom is 0.220 e. The molecule has 1 aromatic rings. The highest BCUT2D eigenvalue weighted by Gasteiger charge is 2.16. The topological polar surface area (TPSA) is 50.4 Å². The van der Waals surface area contributed by atoms with Crippen LogP contribution in [-0.2, 0) is 11.2 Å². The summed E-state index contributed by atoms with van der Waals surface area (Å²) in [6.45, 7) is 3.94. The van der Waals surface area contributed by atoms with Gasteiger partial charge in [0.25, 0.3) is 0 Å². The van der Waals surface area contributed by atoms with E-state index in [0.29, 0.717) is 18.4 Å². The van der Waals surface area contributed by atoms with Gasteiger partial charge in [-0.05, 0) is 43.4 Å². The first-order chi connectivity index (χ1) is 10.2. The Labute approximate surface area is 139 Å². The predicted octanol–water partition coefficient (Wildman–Crippen LogP) is 2.55. The number of hydrogen-bond donors (Lipinski definition) is 2. The van der Waals surface area contributed by atoms with Crippen molar-refractivity contribution in [2.75, 3.05) is 20.2 Å². The minimum Gasteiger partial charge on any atom is -0.496 e. The fourth-order valence-electron chi connectivity index (χ4n) is 2.88. The number of rotatable bonds is 7. The Bertz CT molecular complexity index is 462. The molecule has 2 atom stereocenters. The van der Waals surface area contributed by atoms with Crippen molar-refractivity contribution in [1.29, 1.82) is 0 Å². The Hall–Kier alpha value is -1.26. The maximum absolute atomic E-state index is 12.0. The second-order valence-electron chi connectivity index (χ2n) is 5.92. The summed E-state index contributed by atoms with van der Waals surface area (Å²) in [6.07, 6.45) is 3.80. The fourth-order valence-corrected chi connectivity index (χ4v) is 2.88. The molecule has 0 saturated carbocycles. The summed E-state index contributed by atoms with van der Waals surface area (Å²) in [5.74, 6) is 1.35. The number of benzene rings is 1. The van der Waals surface area contributed by atoms with Crippen molar-refractivity contribution in [3.05, 3.63) is 29.8 Å². The molecule has 2 rings (SSSR count). The van der Waals surface area contributed by atoms with Crippen molar-refractivity contribution in [2.45, 2.75) is 38.6 Å². The molecule has 1 aromatic carbocycles. The zero-order chi connectivity index (χ0) is 15.1. The lowest BCUT2D eigenvalue weighted by molar-refractivity contribution is -0.121. The van der Waals surface area contributed by atoms with E-state index in [1.807, 2.05) is 18.2 Å². The van der Waals surface area contributed by atoms with Crippen molar-refractivity contribution < 1.29 is 9.53 Å². The summed E-state index contributed by atoms with van der Waals surface area (Å²) in [5.41, 5.74) is 1.16. The average molecular weight is 327 g/mol. The molecule has 1 aliphatic heterocycles. The van der Waals surface area contributed by atoms with Crippen LogP contribution >= 0.6 is 12.4 Å². The summed E-state index contributed by atoms with van der Waals surface area (Å²) in [5, 5.41) is 6.43. The maximum atomic E-state index is 12.0. The van der Waals surface area contributed by atoms with Crippen LogP contribution in [0.5, 0.6) is 5.75 Å². The third-order valence-corrected chi connectivity index (χ3v) is 4.00. The summed E-state index contributed by atoms with van der Waals surface area (Å²) >= 11 is 0. The van der Waals surface area contributed by atoms with Crippen LogP contribution in [0.15, 0.2) is 24.3 Å². The number of halogens is 1. The van der Waals surface area contributed by atoms with Gasteiger partial charge in [0.05, 0.1) is 7.11 Å². The SMILES string of the molecule is COc1ccccc1CC(C)CC(=O)NCC1CCCN1.Cl. The van der Waals surface area contributed by atoms with Gasteiger partial charge in [-0.2, -0.15) is 0 Å². The summed E-state index contributed by atoms with van der Waals surface area (Å²) in [4.78, 5) is 12.0. The monoisotopic (exact) mass is 326 g/mol. The van der Waals surface area contributed by atoms with Gasteiger partial charge in [-0.3, -0.25) is 4.79 Å². The zero-order valence-electron chi connectivity index (χ0n) is 13.4. The van der Waals surface area contributed by atoms with Crippen LogP contribution in [0.4, 0.5) is 0 Å². The van der Waals surface area contributed by atoms with Crippen LogP contribution in [-0.4, -0.2) is 32.1 Å². The molecular weight excluding hydrogens is 300 g/mol.